The molecule has 65 heavy (non-hydrogen) atoms. The fraction of sp³-hybridized carbons (Fsp3) is 0.586. The third-order valence-corrected chi connectivity index (χ3v) is 19.5. The van der Waals surface area contributed by atoms with Crippen molar-refractivity contribution in [3.8, 4) is 31.3 Å². The lowest BCUT2D eigenvalue weighted by atomic mass is 9.91. The van der Waals surface area contributed by atoms with E-state index in [1.807, 2.05) is 22.7 Å². The van der Waals surface area contributed by atoms with Crippen LogP contribution in [0.3, 0.4) is 0 Å². The maximum absolute atomic E-state index is 4.73. The van der Waals surface area contributed by atoms with Crippen molar-refractivity contribution < 1.29 is 0 Å². The van der Waals surface area contributed by atoms with E-state index < -0.39 is 0 Å². The predicted molar refractivity (Wildman–Crippen MR) is 298 cm³/mol. The molecular weight excluding hydrogens is 885 g/mol. The van der Waals surface area contributed by atoms with Crippen LogP contribution < -0.4 is 0 Å². The van der Waals surface area contributed by atoms with E-state index in [0.29, 0.717) is 0 Å². The van der Waals surface area contributed by atoms with Crippen molar-refractivity contribution in [2.45, 2.75) is 208 Å². The molecule has 0 radical (unpaired) electrons. The normalized spacial score (nSPS) is 13.0. The average molecular weight is 966 g/mol. The fourth-order valence-corrected chi connectivity index (χ4v) is 15.9. The number of aryl methyl sites for hydroxylation is 2. The monoisotopic (exact) mass is 964 g/mol. The van der Waals surface area contributed by atoms with E-state index in [4.69, 9.17) is 5.10 Å². The number of aromatic nitrogens is 2. The van der Waals surface area contributed by atoms with Gasteiger partial charge in [0.05, 0.1) is 4.70 Å². The molecule has 7 rings (SSSR count). The van der Waals surface area contributed by atoms with Crippen molar-refractivity contribution in [2.24, 2.45) is 11.8 Å². The summed E-state index contributed by atoms with van der Waals surface area (Å²) < 4.78 is 8.56. The van der Waals surface area contributed by atoms with Gasteiger partial charge in [-0.3, -0.25) is 0 Å². The SMILES string of the molecule is CCCCCCCCC(CCCCCC)Cc1ccc(-c2c3cc(-c4ccc(C)c5snnc45)sc3c(-c3ccc(CC(CCCCCC)CCCCCCCC)s3)c3cc(C)sc23)s1. The van der Waals surface area contributed by atoms with E-state index in [-0.39, 0.29) is 0 Å². The van der Waals surface area contributed by atoms with Gasteiger partial charge in [-0.05, 0) is 92.0 Å². The molecule has 0 aliphatic heterocycles. The molecule has 2 atom stereocenters. The second-order valence-electron chi connectivity index (χ2n) is 19.6. The molecule has 0 N–H and O–H groups in total. The minimum absolute atomic E-state index is 0.786. The molecule has 7 heteroatoms. The van der Waals surface area contributed by atoms with Gasteiger partial charge < -0.3 is 0 Å². The van der Waals surface area contributed by atoms with Crippen molar-refractivity contribution in [1.82, 2.24) is 9.59 Å². The zero-order valence-corrected chi connectivity index (χ0v) is 45.2. The molecule has 0 spiro atoms. The molecule has 0 amide bonds. The lowest BCUT2D eigenvalue weighted by molar-refractivity contribution is 0.404. The van der Waals surface area contributed by atoms with E-state index in [9.17, 15) is 0 Å². The summed E-state index contributed by atoms with van der Waals surface area (Å²) in [6, 6.07) is 19.6. The first-order valence-electron chi connectivity index (χ1n) is 26.3. The third kappa shape index (κ3) is 13.6. The molecular formula is C58H80N2S5. The molecule has 0 bridgehead atoms. The van der Waals surface area contributed by atoms with Crippen LogP contribution in [0.2, 0.25) is 0 Å². The Balaban J connectivity index is 1.24. The molecule has 2 aromatic carbocycles. The Morgan fingerprint density at radius 3 is 1.43 bits per heavy atom. The second-order valence-corrected chi connectivity index (χ2v) is 25.0. The van der Waals surface area contributed by atoms with Crippen LogP contribution in [0.4, 0.5) is 0 Å². The number of rotatable bonds is 31. The van der Waals surface area contributed by atoms with E-state index in [2.05, 4.69) is 117 Å². The van der Waals surface area contributed by atoms with Gasteiger partial charge in [-0.1, -0.05) is 198 Å². The minimum Gasteiger partial charge on any atom is -0.140 e. The zero-order chi connectivity index (χ0) is 45.4. The highest BCUT2D eigenvalue weighted by molar-refractivity contribution is 7.25. The third-order valence-electron chi connectivity index (χ3n) is 14.1. The number of unbranched alkanes of at least 4 members (excludes halogenated alkanes) is 16. The highest BCUT2D eigenvalue weighted by atomic mass is 32.1. The van der Waals surface area contributed by atoms with Crippen molar-refractivity contribution in [3.63, 3.8) is 0 Å². The molecule has 2 nitrogen and oxygen atoms in total. The van der Waals surface area contributed by atoms with Gasteiger partial charge in [-0.2, -0.15) is 0 Å². The Morgan fingerprint density at radius 2 is 0.908 bits per heavy atom. The number of thiophene rings is 4. The average Bonchev–Trinajstić information content (AvgIpc) is 4.17. The topological polar surface area (TPSA) is 25.8 Å². The van der Waals surface area contributed by atoms with Crippen LogP contribution in [-0.4, -0.2) is 9.59 Å². The maximum atomic E-state index is 4.73. The zero-order valence-electron chi connectivity index (χ0n) is 41.1. The van der Waals surface area contributed by atoms with Crippen LogP contribution in [-0.2, 0) is 12.8 Å². The molecule has 0 fully saturated rings. The Morgan fingerprint density at radius 1 is 0.446 bits per heavy atom. The lowest BCUT2D eigenvalue weighted by Crippen LogP contribution is -2.04. The summed E-state index contributed by atoms with van der Waals surface area (Å²) in [6.07, 6.45) is 35.5. The Labute approximate surface area is 414 Å². The first-order valence-corrected chi connectivity index (χ1v) is 30.4. The van der Waals surface area contributed by atoms with Gasteiger partial charge in [0.15, 0.2) is 0 Å². The van der Waals surface area contributed by atoms with Gasteiger partial charge >= 0.3 is 0 Å². The molecule has 0 saturated heterocycles. The Bertz CT molecular complexity index is 2340. The second kappa shape index (κ2) is 26.4. The summed E-state index contributed by atoms with van der Waals surface area (Å²) in [5.74, 6) is 1.57. The number of benzene rings is 2. The van der Waals surface area contributed by atoms with Crippen LogP contribution in [0.1, 0.15) is 202 Å². The van der Waals surface area contributed by atoms with Gasteiger partial charge in [0, 0.05) is 66.1 Å². The van der Waals surface area contributed by atoms with Gasteiger partial charge in [-0.15, -0.1) is 50.4 Å². The maximum Gasteiger partial charge on any atom is 0.114 e. The highest BCUT2D eigenvalue weighted by Crippen LogP contribution is 2.53. The summed E-state index contributed by atoms with van der Waals surface area (Å²) in [4.78, 5) is 8.73. The number of hydrogen-bond donors (Lipinski definition) is 0. The van der Waals surface area contributed by atoms with E-state index in [1.165, 1.54) is 245 Å². The van der Waals surface area contributed by atoms with Crippen molar-refractivity contribution in [2.75, 3.05) is 0 Å². The molecule has 352 valence electrons. The molecule has 5 heterocycles. The van der Waals surface area contributed by atoms with Gasteiger partial charge in [0.1, 0.15) is 5.52 Å². The predicted octanol–water partition coefficient (Wildman–Crippen LogP) is 21.6. The summed E-state index contributed by atoms with van der Waals surface area (Å²) >= 11 is 9.69. The van der Waals surface area contributed by atoms with Gasteiger partial charge in [0.25, 0.3) is 0 Å². The van der Waals surface area contributed by atoms with E-state index in [1.54, 1.807) is 9.75 Å². The van der Waals surface area contributed by atoms with Crippen molar-refractivity contribution in [3.05, 3.63) is 68.7 Å². The standard InChI is InChI=1S/C58H80N2S5/c1-7-11-15-19-21-25-29-43(27-23-17-13-9-3)38-45-32-35-50(62-45)53-48-37-42(6)61-57(48)54(49-40-52(64-58(49)53)47-34-31-41(5)56-55(47)59-60-65-56)51-36-33-46(63-51)39-44(28-24-18-14-10-4)30-26-22-20-16-12-8-2/h31-37,40,43-44H,7-30,38-39H2,1-6H3. The number of fused-ring (bicyclic) bond motifs is 3. The molecule has 0 saturated carbocycles. The quantitative estimate of drug-likeness (QED) is 0.0405. The van der Waals surface area contributed by atoms with Crippen LogP contribution in [0.25, 0.3) is 61.7 Å². The molecule has 7 aromatic rings. The van der Waals surface area contributed by atoms with Crippen molar-refractivity contribution in [1.29, 1.82) is 0 Å². The van der Waals surface area contributed by atoms with Crippen LogP contribution >= 0.6 is 56.9 Å². The minimum atomic E-state index is 0.786. The van der Waals surface area contributed by atoms with Gasteiger partial charge in [-0.25, -0.2) is 0 Å². The molecule has 5 aromatic heterocycles. The summed E-state index contributed by atoms with van der Waals surface area (Å²) in [5, 5.41) is 7.58. The number of nitrogens with zero attached hydrogens (tertiary/aromatic N) is 2. The lowest BCUT2D eigenvalue weighted by Gasteiger charge is -2.16. The summed E-state index contributed by atoms with van der Waals surface area (Å²) in [6.45, 7) is 13.9. The summed E-state index contributed by atoms with van der Waals surface area (Å²) in [5.41, 5.74) is 6.43. The molecule has 0 aliphatic carbocycles. The van der Waals surface area contributed by atoms with Crippen LogP contribution in [0.15, 0.2) is 48.5 Å². The van der Waals surface area contributed by atoms with E-state index in [0.717, 1.165) is 17.4 Å². The first-order chi connectivity index (χ1) is 31.9. The van der Waals surface area contributed by atoms with Gasteiger partial charge in [0.2, 0.25) is 0 Å². The first kappa shape index (κ1) is 50.5. The molecule has 0 aliphatic rings. The van der Waals surface area contributed by atoms with Crippen LogP contribution in [0, 0.1) is 25.7 Å². The van der Waals surface area contributed by atoms with Crippen molar-refractivity contribution >= 4 is 87.3 Å². The summed E-state index contributed by atoms with van der Waals surface area (Å²) in [7, 11) is 0. The number of hydrogen-bond acceptors (Lipinski definition) is 7. The molecule has 2 unspecified atom stereocenters. The fourth-order valence-electron chi connectivity index (χ4n) is 10.4. The highest BCUT2D eigenvalue weighted by Gasteiger charge is 2.25. The Hall–Kier alpha value is -2.42. The smallest absolute Gasteiger partial charge is 0.114 e. The Kier molecular flexibility index (Phi) is 20.5. The van der Waals surface area contributed by atoms with Crippen LogP contribution in [0.5, 0.6) is 0 Å². The largest absolute Gasteiger partial charge is 0.140 e. The van der Waals surface area contributed by atoms with E-state index >= 15 is 0 Å².